The summed E-state index contributed by atoms with van der Waals surface area (Å²) < 4.78 is 5.35. The molecular formula is C16H20ClNO2. The molecule has 1 aromatic carbocycles. The maximum absolute atomic E-state index is 12.7. The van der Waals surface area contributed by atoms with Crippen LogP contribution >= 0.6 is 11.6 Å². The summed E-state index contributed by atoms with van der Waals surface area (Å²) in [6.45, 7) is 2.14. The zero-order valence-corrected chi connectivity index (χ0v) is 12.3. The smallest absolute Gasteiger partial charge is 0.226 e. The van der Waals surface area contributed by atoms with E-state index in [2.05, 4.69) is 4.90 Å². The predicted molar refractivity (Wildman–Crippen MR) is 78.6 cm³/mol. The van der Waals surface area contributed by atoms with Gasteiger partial charge in [-0.3, -0.25) is 4.79 Å². The molecule has 0 N–H and O–H groups in total. The van der Waals surface area contributed by atoms with E-state index < -0.39 is 0 Å². The first-order valence-electron chi connectivity index (χ1n) is 7.37. The monoisotopic (exact) mass is 293 g/mol. The number of benzene rings is 1. The van der Waals surface area contributed by atoms with Crippen LogP contribution in [0, 0.1) is 5.92 Å². The average molecular weight is 294 g/mol. The van der Waals surface area contributed by atoms with Gasteiger partial charge in [-0.15, -0.1) is 0 Å². The Hall–Kier alpha value is -1.06. The second-order valence-corrected chi connectivity index (χ2v) is 6.15. The van der Waals surface area contributed by atoms with Crippen LogP contribution in [0.3, 0.4) is 0 Å². The number of ether oxygens (including phenoxy) is 1. The molecule has 1 heterocycles. The van der Waals surface area contributed by atoms with E-state index in [1.54, 1.807) is 0 Å². The van der Waals surface area contributed by atoms with Gasteiger partial charge in [0, 0.05) is 36.7 Å². The van der Waals surface area contributed by atoms with Gasteiger partial charge in [0.25, 0.3) is 0 Å². The van der Waals surface area contributed by atoms with Crippen molar-refractivity contribution in [3.05, 3.63) is 34.9 Å². The van der Waals surface area contributed by atoms with Crippen LogP contribution in [0.25, 0.3) is 0 Å². The van der Waals surface area contributed by atoms with E-state index >= 15 is 0 Å². The molecule has 0 bridgehead atoms. The van der Waals surface area contributed by atoms with Gasteiger partial charge in [0.1, 0.15) is 0 Å². The lowest BCUT2D eigenvalue weighted by atomic mass is 9.98. The van der Waals surface area contributed by atoms with Gasteiger partial charge in [-0.25, -0.2) is 0 Å². The molecule has 0 radical (unpaired) electrons. The molecule has 108 valence electrons. The summed E-state index contributed by atoms with van der Waals surface area (Å²) in [7, 11) is 0. The van der Waals surface area contributed by atoms with Crippen molar-refractivity contribution in [2.75, 3.05) is 13.2 Å². The Bertz CT molecular complexity index is 464. The average Bonchev–Trinajstić information content (AvgIpc) is 3.31. The fraction of sp³-hybridized carbons (Fsp3) is 0.562. The largest absolute Gasteiger partial charge is 0.381 e. The molecule has 4 heteroatoms. The fourth-order valence-electron chi connectivity index (χ4n) is 2.74. The molecule has 3 nitrogen and oxygen atoms in total. The van der Waals surface area contributed by atoms with Crippen molar-refractivity contribution in [2.45, 2.75) is 38.3 Å². The Morgan fingerprint density at radius 1 is 1.15 bits per heavy atom. The number of carbonyl (C=O) groups is 1. The second-order valence-electron chi connectivity index (χ2n) is 5.71. The molecule has 1 amide bonds. The summed E-state index contributed by atoms with van der Waals surface area (Å²) in [4.78, 5) is 14.8. The van der Waals surface area contributed by atoms with Crippen LogP contribution in [0.15, 0.2) is 24.3 Å². The van der Waals surface area contributed by atoms with Crippen LogP contribution in [0.4, 0.5) is 0 Å². The number of carbonyl (C=O) groups excluding carboxylic acids is 1. The molecule has 3 rings (SSSR count). The standard InChI is InChI=1S/C16H20ClNO2/c17-14-3-1-12(2-4-14)11-18(15-5-6-15)16(19)13-7-9-20-10-8-13/h1-4,13,15H,5-11H2. The SMILES string of the molecule is O=C(C1CCOCC1)N(Cc1ccc(Cl)cc1)C1CC1. The van der Waals surface area contributed by atoms with E-state index in [1.807, 2.05) is 24.3 Å². The Kier molecular flexibility index (Phi) is 4.27. The van der Waals surface area contributed by atoms with Crippen molar-refractivity contribution in [3.8, 4) is 0 Å². The van der Waals surface area contributed by atoms with Crippen molar-refractivity contribution >= 4 is 17.5 Å². The van der Waals surface area contributed by atoms with Crippen molar-refractivity contribution in [3.63, 3.8) is 0 Å². The zero-order valence-electron chi connectivity index (χ0n) is 11.6. The highest BCUT2D eigenvalue weighted by Crippen LogP contribution is 2.31. The topological polar surface area (TPSA) is 29.5 Å². The summed E-state index contributed by atoms with van der Waals surface area (Å²) in [5.74, 6) is 0.461. The van der Waals surface area contributed by atoms with Crippen LogP contribution in [0.1, 0.15) is 31.2 Å². The van der Waals surface area contributed by atoms with Gasteiger partial charge in [0.2, 0.25) is 5.91 Å². The molecule has 0 aromatic heterocycles. The molecule has 0 unspecified atom stereocenters. The third-order valence-corrected chi connectivity index (χ3v) is 4.36. The molecule has 1 aliphatic heterocycles. The van der Waals surface area contributed by atoms with E-state index in [-0.39, 0.29) is 5.92 Å². The van der Waals surface area contributed by atoms with Crippen LogP contribution in [-0.4, -0.2) is 30.1 Å². The van der Waals surface area contributed by atoms with E-state index in [0.29, 0.717) is 18.5 Å². The molecule has 2 fully saturated rings. The normalized spacial score (nSPS) is 19.9. The number of nitrogens with zero attached hydrogens (tertiary/aromatic N) is 1. The van der Waals surface area contributed by atoms with Crippen molar-refractivity contribution < 1.29 is 9.53 Å². The third-order valence-electron chi connectivity index (χ3n) is 4.11. The molecule has 0 atom stereocenters. The number of hydrogen-bond donors (Lipinski definition) is 0. The minimum atomic E-state index is 0.150. The first-order valence-corrected chi connectivity index (χ1v) is 7.74. The van der Waals surface area contributed by atoms with Crippen LogP contribution in [-0.2, 0) is 16.1 Å². The summed E-state index contributed by atoms with van der Waals surface area (Å²) in [6.07, 6.45) is 4.01. The Balaban J connectivity index is 1.68. The van der Waals surface area contributed by atoms with E-state index in [9.17, 15) is 4.79 Å². The number of halogens is 1. The van der Waals surface area contributed by atoms with Crippen LogP contribution < -0.4 is 0 Å². The van der Waals surface area contributed by atoms with Gasteiger partial charge >= 0.3 is 0 Å². The van der Waals surface area contributed by atoms with Gasteiger partial charge in [0.05, 0.1) is 0 Å². The lowest BCUT2D eigenvalue weighted by Gasteiger charge is -2.29. The van der Waals surface area contributed by atoms with Gasteiger partial charge in [-0.2, -0.15) is 0 Å². The molecule has 2 aliphatic rings. The van der Waals surface area contributed by atoms with Gasteiger partial charge in [0.15, 0.2) is 0 Å². The van der Waals surface area contributed by atoms with Crippen molar-refractivity contribution in [1.29, 1.82) is 0 Å². The zero-order chi connectivity index (χ0) is 13.9. The van der Waals surface area contributed by atoms with Crippen molar-refractivity contribution in [1.82, 2.24) is 4.90 Å². The van der Waals surface area contributed by atoms with Gasteiger partial charge < -0.3 is 9.64 Å². The summed E-state index contributed by atoms with van der Waals surface area (Å²) in [5, 5.41) is 0.738. The molecule has 1 saturated heterocycles. The van der Waals surface area contributed by atoms with E-state index in [4.69, 9.17) is 16.3 Å². The van der Waals surface area contributed by atoms with Crippen LogP contribution in [0.5, 0.6) is 0 Å². The Morgan fingerprint density at radius 3 is 2.40 bits per heavy atom. The van der Waals surface area contributed by atoms with Gasteiger partial charge in [-0.1, -0.05) is 23.7 Å². The fourth-order valence-corrected chi connectivity index (χ4v) is 2.86. The highest BCUT2D eigenvalue weighted by Gasteiger charge is 2.36. The highest BCUT2D eigenvalue weighted by molar-refractivity contribution is 6.30. The highest BCUT2D eigenvalue weighted by atomic mass is 35.5. The molecular weight excluding hydrogens is 274 g/mol. The number of rotatable bonds is 4. The molecule has 1 aliphatic carbocycles. The van der Waals surface area contributed by atoms with E-state index in [1.165, 1.54) is 0 Å². The minimum absolute atomic E-state index is 0.150. The first kappa shape index (κ1) is 13.9. The van der Waals surface area contributed by atoms with Gasteiger partial charge in [-0.05, 0) is 43.4 Å². The number of amides is 1. The number of hydrogen-bond acceptors (Lipinski definition) is 2. The molecule has 20 heavy (non-hydrogen) atoms. The molecule has 1 aromatic rings. The lowest BCUT2D eigenvalue weighted by molar-refractivity contribution is -0.139. The lowest BCUT2D eigenvalue weighted by Crippen LogP contribution is -2.39. The quantitative estimate of drug-likeness (QED) is 0.853. The first-order chi connectivity index (χ1) is 9.74. The molecule has 1 saturated carbocycles. The minimum Gasteiger partial charge on any atom is -0.381 e. The summed E-state index contributed by atoms with van der Waals surface area (Å²) in [5.41, 5.74) is 1.15. The van der Waals surface area contributed by atoms with E-state index in [0.717, 1.165) is 49.5 Å². The summed E-state index contributed by atoms with van der Waals surface area (Å²) in [6, 6.07) is 8.24. The maximum Gasteiger partial charge on any atom is 0.226 e. The maximum atomic E-state index is 12.7. The van der Waals surface area contributed by atoms with Crippen molar-refractivity contribution in [2.24, 2.45) is 5.92 Å². The Morgan fingerprint density at radius 2 is 1.80 bits per heavy atom. The van der Waals surface area contributed by atoms with Crippen LogP contribution in [0.2, 0.25) is 5.02 Å². The molecule has 0 spiro atoms. The third kappa shape index (κ3) is 3.33. The summed E-state index contributed by atoms with van der Waals surface area (Å²) >= 11 is 5.91. The predicted octanol–water partition coefficient (Wildman–Crippen LogP) is 3.26. The Labute approximate surface area is 124 Å². The second kappa shape index (κ2) is 6.15.